The van der Waals surface area contributed by atoms with Crippen LogP contribution >= 0.6 is 11.3 Å². The van der Waals surface area contributed by atoms with Crippen LogP contribution in [0.4, 0.5) is 9.52 Å². The molecule has 2 aromatic heterocycles. The van der Waals surface area contributed by atoms with E-state index in [0.29, 0.717) is 16.4 Å². The molecule has 4 rings (SSSR count). The van der Waals surface area contributed by atoms with Gasteiger partial charge in [-0.25, -0.2) is 9.37 Å². The van der Waals surface area contributed by atoms with Crippen molar-refractivity contribution in [2.75, 3.05) is 12.4 Å². The highest BCUT2D eigenvalue weighted by atomic mass is 32.1. The van der Waals surface area contributed by atoms with E-state index in [1.54, 1.807) is 23.8 Å². The number of ether oxygens (including phenoxy) is 1. The van der Waals surface area contributed by atoms with E-state index >= 15 is 0 Å². The van der Waals surface area contributed by atoms with Crippen LogP contribution in [0.5, 0.6) is 5.75 Å². The fourth-order valence-electron chi connectivity index (χ4n) is 3.11. The molecule has 0 aliphatic rings. The summed E-state index contributed by atoms with van der Waals surface area (Å²) in [6.07, 6.45) is 2.73. The van der Waals surface area contributed by atoms with Crippen LogP contribution in [0.15, 0.2) is 52.5 Å². The minimum atomic E-state index is -0.457. The van der Waals surface area contributed by atoms with Gasteiger partial charge >= 0.3 is 0 Å². The molecule has 0 spiro atoms. The van der Waals surface area contributed by atoms with Gasteiger partial charge in [-0.15, -0.1) is 11.3 Å². The number of benzene rings is 2. The minimum absolute atomic E-state index is 0.177. The molecule has 0 fully saturated rings. The molecule has 2 aromatic carbocycles. The Bertz CT molecular complexity index is 1180. The molecular weight excluding hydrogens is 391 g/mol. The third-order valence-corrected chi connectivity index (χ3v) is 5.44. The number of anilines is 1. The summed E-state index contributed by atoms with van der Waals surface area (Å²) in [5.41, 5.74) is 4.01. The number of fused-ring (bicyclic) bond motifs is 1. The zero-order valence-electron chi connectivity index (χ0n) is 16.0. The summed E-state index contributed by atoms with van der Waals surface area (Å²) in [7, 11) is 1.42. The highest BCUT2D eigenvalue weighted by molar-refractivity contribution is 7.14. The van der Waals surface area contributed by atoms with Gasteiger partial charge < -0.3 is 14.5 Å². The van der Waals surface area contributed by atoms with Crippen LogP contribution in [0.1, 0.15) is 18.1 Å². The lowest BCUT2D eigenvalue weighted by Gasteiger charge is -2.03. The van der Waals surface area contributed by atoms with E-state index in [1.807, 2.05) is 18.2 Å². The number of nitrogens with zero attached hydrogens (tertiary/aromatic N) is 1. The summed E-state index contributed by atoms with van der Waals surface area (Å²) in [4.78, 5) is 16.9. The smallest absolute Gasteiger partial charge is 0.230 e. The molecule has 0 saturated heterocycles. The van der Waals surface area contributed by atoms with E-state index < -0.39 is 5.82 Å². The summed E-state index contributed by atoms with van der Waals surface area (Å²) in [5.74, 6) is -0.466. The molecule has 0 bridgehead atoms. The van der Waals surface area contributed by atoms with E-state index in [9.17, 15) is 9.18 Å². The van der Waals surface area contributed by atoms with E-state index in [1.165, 1.54) is 30.1 Å². The van der Waals surface area contributed by atoms with Gasteiger partial charge in [0.2, 0.25) is 5.91 Å². The first-order valence-electron chi connectivity index (χ1n) is 9.15. The maximum Gasteiger partial charge on any atom is 0.230 e. The minimum Gasteiger partial charge on any atom is -0.494 e. The number of carbonyl (C=O) groups is 1. The Morgan fingerprint density at radius 2 is 2.14 bits per heavy atom. The number of halogens is 1. The van der Waals surface area contributed by atoms with Crippen molar-refractivity contribution in [3.63, 3.8) is 0 Å². The van der Waals surface area contributed by atoms with Crippen molar-refractivity contribution in [3.05, 3.63) is 65.0 Å². The van der Waals surface area contributed by atoms with E-state index in [0.717, 1.165) is 23.0 Å². The second-order valence-electron chi connectivity index (χ2n) is 6.56. The molecule has 5 nitrogen and oxygen atoms in total. The molecule has 29 heavy (non-hydrogen) atoms. The SMILES string of the molecule is CCc1ccc2c(CC(=O)Nc3nc(-c4ccc(OC)c(F)c4)cs3)coc2c1. The van der Waals surface area contributed by atoms with E-state index in [2.05, 4.69) is 17.2 Å². The molecule has 2 heterocycles. The standard InChI is InChI=1S/C22H19FN2O3S/c1-3-13-4-6-16-15(11-28-20(16)8-13)10-21(26)25-22-24-18(12-29-22)14-5-7-19(27-2)17(23)9-14/h4-9,11-12H,3,10H2,1-2H3,(H,24,25,26). The third-order valence-electron chi connectivity index (χ3n) is 4.68. The van der Waals surface area contributed by atoms with Crippen molar-refractivity contribution in [2.24, 2.45) is 0 Å². The summed E-state index contributed by atoms with van der Waals surface area (Å²) in [6, 6.07) is 10.7. The highest BCUT2D eigenvalue weighted by Gasteiger charge is 2.14. The number of aromatic nitrogens is 1. The van der Waals surface area contributed by atoms with Gasteiger partial charge in [-0.1, -0.05) is 19.1 Å². The number of carbonyl (C=O) groups excluding carboxylic acids is 1. The molecule has 0 aliphatic heterocycles. The normalized spacial score (nSPS) is 11.0. The van der Waals surface area contributed by atoms with Gasteiger partial charge in [-0.3, -0.25) is 4.79 Å². The first-order valence-corrected chi connectivity index (χ1v) is 10.0. The van der Waals surface area contributed by atoms with Gasteiger partial charge in [0.1, 0.15) is 5.58 Å². The van der Waals surface area contributed by atoms with Gasteiger partial charge in [0.15, 0.2) is 16.7 Å². The molecule has 0 radical (unpaired) electrons. The van der Waals surface area contributed by atoms with Crippen molar-refractivity contribution in [2.45, 2.75) is 19.8 Å². The first-order chi connectivity index (χ1) is 14.1. The van der Waals surface area contributed by atoms with Crippen molar-refractivity contribution < 1.29 is 18.3 Å². The lowest BCUT2D eigenvalue weighted by molar-refractivity contribution is -0.115. The van der Waals surface area contributed by atoms with Crippen LogP contribution in [0.3, 0.4) is 0 Å². The summed E-state index contributed by atoms with van der Waals surface area (Å²) in [6.45, 7) is 2.08. The largest absolute Gasteiger partial charge is 0.494 e. The van der Waals surface area contributed by atoms with Crippen LogP contribution in [0, 0.1) is 5.82 Å². The van der Waals surface area contributed by atoms with Gasteiger partial charge in [0.25, 0.3) is 0 Å². The first kappa shape index (κ1) is 19.1. The lowest BCUT2D eigenvalue weighted by Crippen LogP contribution is -2.13. The number of aryl methyl sites for hydroxylation is 1. The second kappa shape index (κ2) is 8.05. The molecule has 0 atom stereocenters. The van der Waals surface area contributed by atoms with Crippen molar-refractivity contribution in [1.82, 2.24) is 4.98 Å². The van der Waals surface area contributed by atoms with Crippen molar-refractivity contribution in [3.8, 4) is 17.0 Å². The number of hydrogen-bond donors (Lipinski definition) is 1. The van der Waals surface area contributed by atoms with Crippen LogP contribution in [0.2, 0.25) is 0 Å². The number of thiazole rings is 1. The molecular formula is C22H19FN2O3S. The van der Waals surface area contributed by atoms with Gasteiger partial charge in [-0.05, 0) is 36.2 Å². The third kappa shape index (κ3) is 4.00. The second-order valence-corrected chi connectivity index (χ2v) is 7.42. The highest BCUT2D eigenvalue weighted by Crippen LogP contribution is 2.29. The predicted octanol–water partition coefficient (Wildman–Crippen LogP) is 5.45. The number of amides is 1. The van der Waals surface area contributed by atoms with Crippen LogP contribution in [-0.4, -0.2) is 18.0 Å². The van der Waals surface area contributed by atoms with Gasteiger partial charge in [0.05, 0.1) is 25.5 Å². The van der Waals surface area contributed by atoms with Crippen LogP contribution in [0.25, 0.3) is 22.2 Å². The summed E-state index contributed by atoms with van der Waals surface area (Å²) >= 11 is 1.29. The Morgan fingerprint density at radius 3 is 2.90 bits per heavy atom. The van der Waals surface area contributed by atoms with E-state index in [-0.39, 0.29) is 18.1 Å². The molecule has 0 saturated carbocycles. The molecule has 7 heteroatoms. The zero-order chi connectivity index (χ0) is 20.4. The van der Waals surface area contributed by atoms with E-state index in [4.69, 9.17) is 9.15 Å². The summed E-state index contributed by atoms with van der Waals surface area (Å²) in [5, 5.41) is 5.97. The average molecular weight is 410 g/mol. The zero-order valence-corrected chi connectivity index (χ0v) is 16.8. The van der Waals surface area contributed by atoms with Crippen molar-refractivity contribution >= 4 is 33.3 Å². The monoisotopic (exact) mass is 410 g/mol. The topological polar surface area (TPSA) is 64.4 Å². The Kier molecular flexibility index (Phi) is 5.31. The summed E-state index contributed by atoms with van der Waals surface area (Å²) < 4.78 is 24.4. The fourth-order valence-corrected chi connectivity index (χ4v) is 3.85. The number of nitrogens with one attached hydrogen (secondary N) is 1. The molecule has 0 unspecified atom stereocenters. The average Bonchev–Trinajstić information content (AvgIpc) is 3.34. The number of methoxy groups -OCH3 is 1. The quantitative estimate of drug-likeness (QED) is 0.459. The van der Waals surface area contributed by atoms with Crippen LogP contribution < -0.4 is 10.1 Å². The molecule has 4 aromatic rings. The lowest BCUT2D eigenvalue weighted by atomic mass is 10.1. The maximum absolute atomic E-state index is 13.9. The fraction of sp³-hybridized carbons (Fsp3) is 0.182. The Hall–Kier alpha value is -3.19. The van der Waals surface area contributed by atoms with Crippen LogP contribution in [-0.2, 0) is 17.6 Å². The van der Waals surface area contributed by atoms with Gasteiger partial charge in [-0.2, -0.15) is 0 Å². The molecule has 1 amide bonds. The Balaban J connectivity index is 1.46. The molecule has 148 valence electrons. The predicted molar refractivity (Wildman–Crippen MR) is 112 cm³/mol. The van der Waals surface area contributed by atoms with Gasteiger partial charge in [0, 0.05) is 21.9 Å². The Labute approximate surface area is 171 Å². The maximum atomic E-state index is 13.9. The molecule has 1 N–H and O–H groups in total. The Morgan fingerprint density at radius 1 is 1.28 bits per heavy atom. The molecule has 0 aliphatic carbocycles. The number of rotatable bonds is 6. The number of hydrogen-bond acceptors (Lipinski definition) is 5. The number of furan rings is 1. The van der Waals surface area contributed by atoms with Crippen molar-refractivity contribution in [1.29, 1.82) is 0 Å².